The van der Waals surface area contributed by atoms with Gasteiger partial charge in [0, 0.05) is 27.3 Å². The third-order valence-electron chi connectivity index (χ3n) is 9.00. The van der Waals surface area contributed by atoms with Gasteiger partial charge in [-0.15, -0.1) is 0 Å². The molecule has 9 aromatic rings. The van der Waals surface area contributed by atoms with Crippen molar-refractivity contribution in [3.63, 3.8) is 0 Å². The summed E-state index contributed by atoms with van der Waals surface area (Å²) in [5, 5.41) is 3.37. The highest BCUT2D eigenvalue weighted by Crippen LogP contribution is 2.42. The summed E-state index contributed by atoms with van der Waals surface area (Å²) in [6, 6.07) is 62.1. The summed E-state index contributed by atoms with van der Waals surface area (Å²) >= 11 is 0. The van der Waals surface area contributed by atoms with Gasteiger partial charge in [-0.25, -0.2) is 9.97 Å². The highest BCUT2D eigenvalue weighted by atomic mass is 15.2. The van der Waals surface area contributed by atoms with Crippen LogP contribution in [0.1, 0.15) is 0 Å². The van der Waals surface area contributed by atoms with E-state index in [1.165, 1.54) is 33.0 Å². The fourth-order valence-electron chi connectivity index (χ4n) is 6.80. The molecule has 9 rings (SSSR count). The van der Waals surface area contributed by atoms with Gasteiger partial charge >= 0.3 is 0 Å². The van der Waals surface area contributed by atoms with Crippen LogP contribution in [0.5, 0.6) is 0 Å². The molecule has 0 N–H and O–H groups in total. The molecule has 3 nitrogen and oxygen atoms in total. The molecule has 0 atom stereocenters. The van der Waals surface area contributed by atoms with Crippen LogP contribution in [0.25, 0.3) is 83.3 Å². The summed E-state index contributed by atoms with van der Waals surface area (Å²) in [6.45, 7) is 0. The minimum Gasteiger partial charge on any atom is -0.277 e. The molecule has 0 aliphatic heterocycles. The summed E-state index contributed by atoms with van der Waals surface area (Å²) in [6.07, 6.45) is 0. The van der Waals surface area contributed by atoms with E-state index in [0.717, 1.165) is 44.3 Å². The Morgan fingerprint density at radius 1 is 0.362 bits per heavy atom. The van der Waals surface area contributed by atoms with Crippen LogP contribution in [0.3, 0.4) is 0 Å². The maximum absolute atomic E-state index is 5.33. The third-order valence-corrected chi connectivity index (χ3v) is 9.00. The second-order valence-corrected chi connectivity index (χ2v) is 11.8. The van der Waals surface area contributed by atoms with Crippen LogP contribution in [0.4, 0.5) is 0 Å². The minimum absolute atomic E-state index is 0.657. The fraction of sp³-hybridized carbons (Fsp3) is 0. The zero-order valence-electron chi connectivity index (χ0n) is 25.6. The van der Waals surface area contributed by atoms with Crippen molar-refractivity contribution in [1.29, 1.82) is 0 Å². The van der Waals surface area contributed by atoms with E-state index in [1.54, 1.807) is 0 Å². The molecule has 0 bridgehead atoms. The Bertz CT molecular complexity index is 2550. The molecule has 0 saturated carbocycles. The first kappa shape index (κ1) is 27.0. The molecule has 7 aromatic carbocycles. The van der Waals surface area contributed by atoms with E-state index < -0.39 is 0 Å². The van der Waals surface area contributed by atoms with E-state index in [9.17, 15) is 0 Å². The van der Waals surface area contributed by atoms with Crippen molar-refractivity contribution in [3.05, 3.63) is 176 Å². The maximum Gasteiger partial charge on any atom is 0.235 e. The van der Waals surface area contributed by atoms with Crippen LogP contribution in [0.15, 0.2) is 176 Å². The second-order valence-electron chi connectivity index (χ2n) is 11.8. The standard InChI is InChI=1S/C44H29N3/c1-4-15-30(16-5-1)33-21-14-22-34(27-33)35-28-38(31-17-6-2-7-18-31)43-39(29-35)36-23-11-13-26-41(36)47(43)44-45-40-25-12-10-24-37(40)42(46-44)32-19-8-3-9-20-32/h1-29H. The van der Waals surface area contributed by atoms with Gasteiger partial charge < -0.3 is 0 Å². The van der Waals surface area contributed by atoms with E-state index in [4.69, 9.17) is 9.97 Å². The molecule has 0 radical (unpaired) electrons. The fourth-order valence-corrected chi connectivity index (χ4v) is 6.80. The predicted octanol–water partition coefficient (Wildman–Crippen LogP) is 11.4. The van der Waals surface area contributed by atoms with Crippen molar-refractivity contribution in [2.24, 2.45) is 0 Å². The Morgan fingerprint density at radius 2 is 0.936 bits per heavy atom. The first-order valence-corrected chi connectivity index (χ1v) is 15.9. The normalized spacial score (nSPS) is 11.4. The highest BCUT2D eigenvalue weighted by Gasteiger charge is 2.21. The van der Waals surface area contributed by atoms with Crippen LogP contribution >= 0.6 is 0 Å². The average molecular weight is 600 g/mol. The Kier molecular flexibility index (Phi) is 6.46. The molecule has 0 fully saturated rings. The number of benzene rings is 7. The van der Waals surface area contributed by atoms with Crippen molar-refractivity contribution in [2.45, 2.75) is 0 Å². The van der Waals surface area contributed by atoms with Gasteiger partial charge in [0.1, 0.15) is 0 Å². The summed E-state index contributed by atoms with van der Waals surface area (Å²) in [5.41, 5.74) is 12.1. The van der Waals surface area contributed by atoms with Gasteiger partial charge in [-0.1, -0.05) is 146 Å². The van der Waals surface area contributed by atoms with Crippen molar-refractivity contribution in [3.8, 4) is 50.6 Å². The van der Waals surface area contributed by atoms with Crippen LogP contribution in [0, 0.1) is 0 Å². The molecular weight excluding hydrogens is 571 g/mol. The van der Waals surface area contributed by atoms with Gasteiger partial charge in [0.15, 0.2) is 0 Å². The van der Waals surface area contributed by atoms with E-state index in [-0.39, 0.29) is 0 Å². The molecule has 0 amide bonds. The predicted molar refractivity (Wildman–Crippen MR) is 196 cm³/mol. The number of hydrogen-bond acceptors (Lipinski definition) is 2. The third kappa shape index (κ3) is 4.68. The molecule has 2 aromatic heterocycles. The van der Waals surface area contributed by atoms with Crippen LogP contribution < -0.4 is 0 Å². The monoisotopic (exact) mass is 599 g/mol. The summed E-state index contributed by atoms with van der Waals surface area (Å²) < 4.78 is 2.26. The molecule has 220 valence electrons. The van der Waals surface area contributed by atoms with Gasteiger partial charge in [-0.2, -0.15) is 0 Å². The average Bonchev–Trinajstić information content (AvgIpc) is 3.49. The van der Waals surface area contributed by atoms with E-state index >= 15 is 0 Å². The lowest BCUT2D eigenvalue weighted by Gasteiger charge is -2.15. The van der Waals surface area contributed by atoms with Gasteiger partial charge in [0.2, 0.25) is 5.95 Å². The minimum atomic E-state index is 0.657. The zero-order chi connectivity index (χ0) is 31.2. The first-order chi connectivity index (χ1) is 23.3. The molecule has 0 spiro atoms. The van der Waals surface area contributed by atoms with E-state index in [0.29, 0.717) is 5.95 Å². The topological polar surface area (TPSA) is 30.7 Å². The Hall–Kier alpha value is -6.32. The summed E-state index contributed by atoms with van der Waals surface area (Å²) in [7, 11) is 0. The highest BCUT2D eigenvalue weighted by molar-refractivity contribution is 6.15. The lowest BCUT2D eigenvalue weighted by atomic mass is 9.94. The lowest BCUT2D eigenvalue weighted by Crippen LogP contribution is -2.04. The molecule has 0 saturated heterocycles. The maximum atomic E-state index is 5.33. The van der Waals surface area contributed by atoms with E-state index in [2.05, 4.69) is 168 Å². The van der Waals surface area contributed by atoms with Crippen LogP contribution in [-0.2, 0) is 0 Å². The molecule has 0 unspecified atom stereocenters. The molecule has 2 heterocycles. The molecule has 47 heavy (non-hydrogen) atoms. The Labute approximate surface area is 273 Å². The number of aromatic nitrogens is 3. The SMILES string of the molecule is c1ccc(-c2cccc(-c3cc(-c4ccccc4)c4c(c3)c3ccccc3n4-c3nc(-c4ccccc4)c4ccccc4n3)c2)cc1. The van der Waals surface area contributed by atoms with Gasteiger partial charge in [-0.05, 0) is 58.1 Å². The first-order valence-electron chi connectivity index (χ1n) is 15.9. The van der Waals surface area contributed by atoms with Gasteiger partial charge in [-0.3, -0.25) is 4.57 Å². The molecule has 0 aliphatic carbocycles. The Balaban J connectivity index is 1.37. The van der Waals surface area contributed by atoms with E-state index in [1.807, 2.05) is 12.1 Å². The number of nitrogens with zero attached hydrogens (tertiary/aromatic N) is 3. The van der Waals surface area contributed by atoms with Gasteiger partial charge in [0.25, 0.3) is 0 Å². The number of fused-ring (bicyclic) bond motifs is 4. The molecular formula is C44H29N3. The van der Waals surface area contributed by atoms with Crippen LogP contribution in [0.2, 0.25) is 0 Å². The van der Waals surface area contributed by atoms with Crippen molar-refractivity contribution in [1.82, 2.24) is 14.5 Å². The lowest BCUT2D eigenvalue weighted by molar-refractivity contribution is 1.01. The van der Waals surface area contributed by atoms with Crippen LogP contribution in [-0.4, -0.2) is 14.5 Å². The molecule has 0 aliphatic rings. The number of hydrogen-bond donors (Lipinski definition) is 0. The smallest absolute Gasteiger partial charge is 0.235 e. The second kappa shape index (κ2) is 11.2. The van der Waals surface area contributed by atoms with Crippen molar-refractivity contribution < 1.29 is 0 Å². The Morgan fingerprint density at radius 3 is 1.68 bits per heavy atom. The number of rotatable bonds is 5. The summed E-state index contributed by atoms with van der Waals surface area (Å²) in [4.78, 5) is 10.5. The van der Waals surface area contributed by atoms with Gasteiger partial charge in [0.05, 0.1) is 22.2 Å². The largest absolute Gasteiger partial charge is 0.277 e. The van der Waals surface area contributed by atoms with Crippen molar-refractivity contribution in [2.75, 3.05) is 0 Å². The number of para-hydroxylation sites is 2. The van der Waals surface area contributed by atoms with Crippen molar-refractivity contribution >= 4 is 32.7 Å². The summed E-state index contributed by atoms with van der Waals surface area (Å²) in [5.74, 6) is 0.657. The molecule has 3 heteroatoms. The zero-order valence-corrected chi connectivity index (χ0v) is 25.6. The quantitative estimate of drug-likeness (QED) is 0.197.